The molecule has 3 aromatic rings. The molecule has 0 saturated carbocycles. The van der Waals surface area contributed by atoms with Crippen molar-refractivity contribution < 1.29 is 19.1 Å². The summed E-state index contributed by atoms with van der Waals surface area (Å²) in [5.74, 6) is -0.0107. The zero-order valence-corrected chi connectivity index (χ0v) is 18.7. The average Bonchev–Trinajstić information content (AvgIpc) is 3.42. The van der Waals surface area contributed by atoms with Gasteiger partial charge in [0.2, 0.25) is 5.91 Å². The van der Waals surface area contributed by atoms with Crippen LogP contribution in [-0.2, 0) is 20.7 Å². The van der Waals surface area contributed by atoms with Gasteiger partial charge in [-0.3, -0.25) is 9.36 Å². The van der Waals surface area contributed by atoms with E-state index in [1.807, 2.05) is 86.5 Å². The smallest absolute Gasteiger partial charge is 0.419 e. The second kappa shape index (κ2) is 7.78. The number of fused-ring (bicyclic) bond motifs is 2. The molecule has 2 fully saturated rings. The molecule has 0 aliphatic carbocycles. The lowest BCUT2D eigenvalue weighted by Gasteiger charge is -2.23. The van der Waals surface area contributed by atoms with Crippen LogP contribution in [0.4, 0.5) is 4.79 Å². The van der Waals surface area contributed by atoms with Crippen molar-refractivity contribution >= 4 is 22.9 Å². The van der Waals surface area contributed by atoms with Gasteiger partial charge in [-0.05, 0) is 45.2 Å². The zero-order valence-electron chi connectivity index (χ0n) is 18.7. The Balaban J connectivity index is 1.41. The second-order valence-electron chi connectivity index (χ2n) is 9.65. The molecule has 0 N–H and O–H groups in total. The Morgan fingerprint density at radius 2 is 1.81 bits per heavy atom. The van der Waals surface area contributed by atoms with Gasteiger partial charge in [0.15, 0.2) is 6.23 Å². The molecule has 6 heteroatoms. The van der Waals surface area contributed by atoms with E-state index in [4.69, 9.17) is 9.47 Å². The molecular weight excluding hydrogens is 404 g/mol. The molecule has 2 aliphatic heterocycles. The highest BCUT2D eigenvalue weighted by atomic mass is 16.6. The van der Waals surface area contributed by atoms with Crippen molar-refractivity contribution in [3.63, 3.8) is 0 Å². The Hall–Kier alpha value is -3.12. The third-order valence-electron chi connectivity index (χ3n) is 6.19. The molecule has 0 bridgehead atoms. The number of rotatable bonds is 3. The predicted molar refractivity (Wildman–Crippen MR) is 121 cm³/mol. The summed E-state index contributed by atoms with van der Waals surface area (Å²) in [6, 6.07) is 17.8. The van der Waals surface area contributed by atoms with Crippen molar-refractivity contribution in [3.8, 4) is 0 Å². The molecule has 32 heavy (non-hydrogen) atoms. The standard InChI is InChI=1S/C26H28N2O4/c1-26(2,3)32-25(30)27-15-19(21-11-7-8-12-22(21)27)13-18-14-20-16-31-24(28(20)23(18)29)17-9-5-4-6-10-17/h4-12,15,18,20,24H,13-14,16H2,1-3H3/t18-,20-,24+/m0/s1. The number of hydrogen-bond donors (Lipinski definition) is 0. The van der Waals surface area contributed by atoms with Gasteiger partial charge in [0.1, 0.15) is 5.60 Å². The quantitative estimate of drug-likeness (QED) is 0.590. The molecule has 2 aliphatic rings. The van der Waals surface area contributed by atoms with Crippen LogP contribution in [0, 0.1) is 5.92 Å². The van der Waals surface area contributed by atoms with Crippen molar-refractivity contribution in [1.29, 1.82) is 0 Å². The number of benzene rings is 2. The van der Waals surface area contributed by atoms with E-state index in [2.05, 4.69) is 0 Å². The van der Waals surface area contributed by atoms with Gasteiger partial charge < -0.3 is 14.4 Å². The number of ether oxygens (including phenoxy) is 2. The maximum atomic E-state index is 13.4. The summed E-state index contributed by atoms with van der Waals surface area (Å²) in [6.07, 6.45) is 2.45. The average molecular weight is 433 g/mol. The van der Waals surface area contributed by atoms with E-state index in [0.29, 0.717) is 13.0 Å². The molecule has 3 atom stereocenters. The summed E-state index contributed by atoms with van der Waals surface area (Å²) in [6.45, 7) is 6.12. The van der Waals surface area contributed by atoms with Gasteiger partial charge in [-0.15, -0.1) is 0 Å². The highest BCUT2D eigenvalue weighted by molar-refractivity contribution is 5.92. The fourth-order valence-electron chi connectivity index (χ4n) is 4.86. The van der Waals surface area contributed by atoms with Crippen LogP contribution >= 0.6 is 0 Å². The number of carbonyl (C=O) groups excluding carboxylic acids is 2. The highest BCUT2D eigenvalue weighted by Crippen LogP contribution is 2.41. The number of para-hydroxylation sites is 1. The molecule has 1 aromatic heterocycles. The van der Waals surface area contributed by atoms with Crippen molar-refractivity contribution in [2.24, 2.45) is 5.92 Å². The van der Waals surface area contributed by atoms with E-state index in [1.165, 1.54) is 0 Å². The molecule has 6 nitrogen and oxygen atoms in total. The van der Waals surface area contributed by atoms with Crippen LogP contribution in [0.3, 0.4) is 0 Å². The molecule has 0 unspecified atom stereocenters. The SMILES string of the molecule is CC(C)(C)OC(=O)n1cc(C[C@H]2C[C@H]3CO[C@H](c4ccccc4)N3C2=O)c2ccccc21. The zero-order chi connectivity index (χ0) is 22.5. The molecule has 2 aromatic carbocycles. The Morgan fingerprint density at radius 1 is 1.09 bits per heavy atom. The molecule has 0 radical (unpaired) electrons. The van der Waals surface area contributed by atoms with Crippen LogP contribution in [0.5, 0.6) is 0 Å². The molecule has 166 valence electrons. The van der Waals surface area contributed by atoms with Crippen LogP contribution in [0.1, 0.15) is 44.5 Å². The number of aromatic nitrogens is 1. The van der Waals surface area contributed by atoms with Gasteiger partial charge >= 0.3 is 6.09 Å². The van der Waals surface area contributed by atoms with Gasteiger partial charge in [0, 0.05) is 23.1 Å². The molecule has 1 amide bonds. The summed E-state index contributed by atoms with van der Waals surface area (Å²) in [5, 5.41) is 0.981. The van der Waals surface area contributed by atoms with E-state index in [0.717, 1.165) is 28.5 Å². The number of carbonyl (C=O) groups is 2. The first kappa shape index (κ1) is 20.8. The Labute approximate surface area is 187 Å². The van der Waals surface area contributed by atoms with E-state index in [1.54, 1.807) is 4.57 Å². The van der Waals surface area contributed by atoms with E-state index in [-0.39, 0.29) is 24.1 Å². The van der Waals surface area contributed by atoms with Crippen LogP contribution in [-0.4, -0.2) is 39.7 Å². The third-order valence-corrected chi connectivity index (χ3v) is 6.19. The van der Waals surface area contributed by atoms with E-state index in [9.17, 15) is 9.59 Å². The summed E-state index contributed by atoms with van der Waals surface area (Å²) in [7, 11) is 0. The number of nitrogens with zero attached hydrogens (tertiary/aromatic N) is 2. The minimum absolute atomic E-state index is 0.0944. The largest absolute Gasteiger partial charge is 0.443 e. The normalized spacial score (nSPS) is 23.0. The Bertz CT molecular complexity index is 1160. The molecular formula is C26H28N2O4. The number of amides is 1. The van der Waals surface area contributed by atoms with Gasteiger partial charge in [-0.25, -0.2) is 4.79 Å². The fourth-order valence-corrected chi connectivity index (χ4v) is 4.86. The molecule has 0 spiro atoms. The van der Waals surface area contributed by atoms with Crippen molar-refractivity contribution in [2.75, 3.05) is 6.61 Å². The minimum Gasteiger partial charge on any atom is -0.443 e. The lowest BCUT2D eigenvalue weighted by molar-refractivity contribution is -0.137. The first-order chi connectivity index (χ1) is 15.3. The summed E-state index contributed by atoms with van der Waals surface area (Å²) in [5.41, 5.74) is 2.21. The summed E-state index contributed by atoms with van der Waals surface area (Å²) >= 11 is 0. The molecule has 3 heterocycles. The van der Waals surface area contributed by atoms with Crippen molar-refractivity contribution in [3.05, 3.63) is 71.9 Å². The van der Waals surface area contributed by atoms with Crippen LogP contribution in [0.25, 0.3) is 10.9 Å². The predicted octanol–water partition coefficient (Wildman–Crippen LogP) is 4.91. The number of hydrogen-bond acceptors (Lipinski definition) is 4. The van der Waals surface area contributed by atoms with Crippen LogP contribution in [0.15, 0.2) is 60.8 Å². The van der Waals surface area contributed by atoms with Gasteiger partial charge in [0.05, 0.1) is 18.2 Å². The molecule has 2 saturated heterocycles. The first-order valence-electron chi connectivity index (χ1n) is 11.1. The summed E-state index contributed by atoms with van der Waals surface area (Å²) < 4.78 is 13.1. The topological polar surface area (TPSA) is 60.8 Å². The first-order valence-corrected chi connectivity index (χ1v) is 11.1. The highest BCUT2D eigenvalue weighted by Gasteiger charge is 2.48. The van der Waals surface area contributed by atoms with Gasteiger partial charge in [0.25, 0.3) is 0 Å². The monoisotopic (exact) mass is 432 g/mol. The molecule has 5 rings (SSSR count). The third kappa shape index (κ3) is 3.69. The maximum absolute atomic E-state index is 13.4. The lowest BCUT2D eigenvalue weighted by atomic mass is 9.96. The van der Waals surface area contributed by atoms with Crippen molar-refractivity contribution in [1.82, 2.24) is 9.47 Å². The lowest BCUT2D eigenvalue weighted by Crippen LogP contribution is -2.32. The van der Waals surface area contributed by atoms with E-state index >= 15 is 0 Å². The second-order valence-corrected chi connectivity index (χ2v) is 9.65. The minimum atomic E-state index is -0.582. The van der Waals surface area contributed by atoms with Gasteiger partial charge in [-0.2, -0.15) is 0 Å². The fraction of sp³-hybridized carbons (Fsp3) is 0.385. The van der Waals surface area contributed by atoms with Gasteiger partial charge in [-0.1, -0.05) is 48.5 Å². The summed E-state index contributed by atoms with van der Waals surface area (Å²) in [4.78, 5) is 28.1. The Morgan fingerprint density at radius 3 is 2.56 bits per heavy atom. The van der Waals surface area contributed by atoms with Crippen molar-refractivity contribution in [2.45, 2.75) is 51.5 Å². The Kier molecular flexibility index (Phi) is 5.05. The van der Waals surface area contributed by atoms with Crippen LogP contribution in [0.2, 0.25) is 0 Å². The maximum Gasteiger partial charge on any atom is 0.419 e. The van der Waals surface area contributed by atoms with Crippen LogP contribution < -0.4 is 0 Å². The van der Waals surface area contributed by atoms with E-state index < -0.39 is 11.7 Å².